The number of hydrazone groups is 1. The Bertz CT molecular complexity index is 1320. The first-order chi connectivity index (χ1) is 16.1. The zero-order valence-corrected chi connectivity index (χ0v) is 19.1. The minimum atomic E-state index is -0.874. The molecule has 0 bridgehead atoms. The smallest absolute Gasteiger partial charge is 0.329 e. The molecule has 0 heterocycles. The van der Waals surface area contributed by atoms with E-state index in [9.17, 15) is 9.59 Å². The third kappa shape index (κ3) is 5.84. The van der Waals surface area contributed by atoms with E-state index in [1.807, 2.05) is 84.9 Å². The van der Waals surface area contributed by atoms with Gasteiger partial charge in [-0.15, -0.1) is 0 Å². The van der Waals surface area contributed by atoms with Gasteiger partial charge in [-0.05, 0) is 35.2 Å². The Morgan fingerprint density at radius 3 is 2.48 bits per heavy atom. The minimum Gasteiger partial charge on any atom is -0.488 e. The number of amides is 2. The van der Waals surface area contributed by atoms with E-state index in [0.717, 1.165) is 20.8 Å². The van der Waals surface area contributed by atoms with Crippen LogP contribution in [0.15, 0.2) is 101 Å². The molecule has 0 spiro atoms. The number of nitrogens with zero attached hydrogens (tertiary/aromatic N) is 1. The fourth-order valence-corrected chi connectivity index (χ4v) is 3.59. The number of fused-ring (bicyclic) bond motifs is 1. The molecule has 0 saturated carbocycles. The van der Waals surface area contributed by atoms with Crippen molar-refractivity contribution in [1.82, 2.24) is 5.43 Å². The Morgan fingerprint density at radius 1 is 0.879 bits per heavy atom. The summed E-state index contributed by atoms with van der Waals surface area (Å²) in [6.07, 6.45) is 1.44. The van der Waals surface area contributed by atoms with Crippen molar-refractivity contribution < 1.29 is 14.3 Å². The predicted molar refractivity (Wildman–Crippen MR) is 133 cm³/mol. The zero-order chi connectivity index (χ0) is 23.0. The molecule has 0 saturated heterocycles. The number of rotatable bonds is 6. The van der Waals surface area contributed by atoms with Crippen LogP contribution in [0.5, 0.6) is 5.75 Å². The van der Waals surface area contributed by atoms with Gasteiger partial charge in [-0.3, -0.25) is 9.59 Å². The highest BCUT2D eigenvalue weighted by molar-refractivity contribution is 9.10. The summed E-state index contributed by atoms with van der Waals surface area (Å²) in [5.41, 5.74) is 4.50. The molecule has 0 unspecified atom stereocenters. The van der Waals surface area contributed by atoms with E-state index in [2.05, 4.69) is 31.8 Å². The van der Waals surface area contributed by atoms with Gasteiger partial charge < -0.3 is 10.1 Å². The summed E-state index contributed by atoms with van der Waals surface area (Å²) in [6, 6.07) is 28.4. The number of halogens is 1. The van der Waals surface area contributed by atoms with E-state index in [0.29, 0.717) is 23.6 Å². The SMILES string of the molecule is O=C(N/N=C\c1cc(Br)ccc1OCc1ccccc1)C(=O)Nc1cccc2ccccc12. The monoisotopic (exact) mass is 501 g/mol. The minimum absolute atomic E-state index is 0.392. The van der Waals surface area contributed by atoms with Crippen molar-refractivity contribution in [2.24, 2.45) is 5.10 Å². The number of anilines is 1. The lowest BCUT2D eigenvalue weighted by Gasteiger charge is -2.10. The summed E-state index contributed by atoms with van der Waals surface area (Å²) < 4.78 is 6.73. The summed E-state index contributed by atoms with van der Waals surface area (Å²) in [5, 5.41) is 8.38. The number of hydrogen-bond donors (Lipinski definition) is 2. The summed E-state index contributed by atoms with van der Waals surface area (Å²) in [4.78, 5) is 24.6. The van der Waals surface area contributed by atoms with E-state index in [1.165, 1.54) is 6.21 Å². The van der Waals surface area contributed by atoms with Crippen molar-refractivity contribution >= 4 is 50.4 Å². The molecule has 0 fully saturated rings. The fourth-order valence-electron chi connectivity index (χ4n) is 3.21. The summed E-state index contributed by atoms with van der Waals surface area (Å²) in [6.45, 7) is 0.392. The lowest BCUT2D eigenvalue weighted by Crippen LogP contribution is -2.32. The first-order valence-electron chi connectivity index (χ1n) is 10.2. The second-order valence-corrected chi connectivity index (χ2v) is 8.05. The molecule has 2 amide bonds. The Kier molecular flexibility index (Phi) is 7.12. The lowest BCUT2D eigenvalue weighted by atomic mass is 10.1. The molecule has 0 aliphatic rings. The molecular weight excluding hydrogens is 482 g/mol. The van der Waals surface area contributed by atoms with Gasteiger partial charge in [-0.25, -0.2) is 5.43 Å². The highest BCUT2D eigenvalue weighted by Crippen LogP contribution is 2.24. The van der Waals surface area contributed by atoms with Gasteiger partial charge in [0.1, 0.15) is 12.4 Å². The maximum absolute atomic E-state index is 12.3. The average Bonchev–Trinajstić information content (AvgIpc) is 2.84. The largest absolute Gasteiger partial charge is 0.488 e. The zero-order valence-electron chi connectivity index (χ0n) is 17.5. The Hall–Kier alpha value is -3.97. The normalized spacial score (nSPS) is 10.8. The van der Waals surface area contributed by atoms with Gasteiger partial charge in [0, 0.05) is 21.1 Å². The highest BCUT2D eigenvalue weighted by Gasteiger charge is 2.14. The summed E-state index contributed by atoms with van der Waals surface area (Å²) >= 11 is 3.42. The van der Waals surface area contributed by atoms with Crippen molar-refractivity contribution in [1.29, 1.82) is 0 Å². The van der Waals surface area contributed by atoms with E-state index in [4.69, 9.17) is 4.74 Å². The van der Waals surface area contributed by atoms with Gasteiger partial charge in [0.05, 0.1) is 6.21 Å². The third-order valence-electron chi connectivity index (χ3n) is 4.82. The average molecular weight is 502 g/mol. The Labute approximate surface area is 199 Å². The van der Waals surface area contributed by atoms with Crippen LogP contribution in [-0.2, 0) is 16.2 Å². The molecule has 164 valence electrons. The standard InChI is InChI=1S/C26H20BrN3O3/c27-21-13-14-24(33-17-18-7-2-1-3-8-18)20(15-21)16-28-30-26(32)25(31)29-23-12-6-10-19-9-4-5-11-22(19)23/h1-16H,17H2,(H,29,31)(H,30,32)/b28-16-. The van der Waals surface area contributed by atoms with E-state index in [1.54, 1.807) is 6.07 Å². The van der Waals surface area contributed by atoms with Crippen molar-refractivity contribution in [3.8, 4) is 5.75 Å². The lowest BCUT2D eigenvalue weighted by molar-refractivity contribution is -0.136. The first-order valence-corrected chi connectivity index (χ1v) is 11.0. The molecule has 0 aromatic heterocycles. The number of ether oxygens (including phenoxy) is 1. The van der Waals surface area contributed by atoms with Gasteiger partial charge >= 0.3 is 11.8 Å². The van der Waals surface area contributed by atoms with Gasteiger partial charge in [0.2, 0.25) is 0 Å². The number of carbonyl (C=O) groups excluding carboxylic acids is 2. The molecule has 4 aromatic carbocycles. The molecule has 0 aliphatic carbocycles. The number of hydrogen-bond acceptors (Lipinski definition) is 4. The molecule has 7 heteroatoms. The van der Waals surface area contributed by atoms with Gasteiger partial charge in [-0.1, -0.05) is 82.7 Å². The Balaban J connectivity index is 1.40. The van der Waals surface area contributed by atoms with Crippen molar-refractivity contribution in [2.45, 2.75) is 6.61 Å². The molecule has 4 aromatic rings. The van der Waals surface area contributed by atoms with Crippen LogP contribution in [0.25, 0.3) is 10.8 Å². The van der Waals surface area contributed by atoms with E-state index in [-0.39, 0.29) is 0 Å². The van der Waals surface area contributed by atoms with Gasteiger partial charge in [0.15, 0.2) is 0 Å². The van der Waals surface area contributed by atoms with Crippen LogP contribution >= 0.6 is 15.9 Å². The van der Waals surface area contributed by atoms with Crippen LogP contribution in [0.3, 0.4) is 0 Å². The molecule has 33 heavy (non-hydrogen) atoms. The molecule has 2 N–H and O–H groups in total. The number of nitrogens with one attached hydrogen (secondary N) is 2. The van der Waals surface area contributed by atoms with Crippen molar-refractivity contribution in [3.63, 3.8) is 0 Å². The van der Waals surface area contributed by atoms with Gasteiger partial charge in [-0.2, -0.15) is 5.10 Å². The van der Waals surface area contributed by atoms with Crippen LogP contribution < -0.4 is 15.5 Å². The second-order valence-electron chi connectivity index (χ2n) is 7.14. The molecule has 0 radical (unpaired) electrons. The highest BCUT2D eigenvalue weighted by atomic mass is 79.9. The maximum atomic E-state index is 12.3. The summed E-state index contributed by atoms with van der Waals surface area (Å²) in [5.74, 6) is -1.08. The van der Waals surface area contributed by atoms with Crippen LogP contribution in [0.4, 0.5) is 5.69 Å². The first kappa shape index (κ1) is 22.2. The molecular formula is C26H20BrN3O3. The Morgan fingerprint density at radius 2 is 1.64 bits per heavy atom. The third-order valence-corrected chi connectivity index (χ3v) is 5.32. The number of benzene rings is 4. The van der Waals surface area contributed by atoms with Crippen molar-refractivity contribution in [3.05, 3.63) is 107 Å². The topological polar surface area (TPSA) is 79.8 Å². The van der Waals surface area contributed by atoms with Crippen LogP contribution in [0.2, 0.25) is 0 Å². The number of carbonyl (C=O) groups is 2. The van der Waals surface area contributed by atoms with Crippen LogP contribution in [0.1, 0.15) is 11.1 Å². The second kappa shape index (κ2) is 10.6. The van der Waals surface area contributed by atoms with E-state index >= 15 is 0 Å². The van der Waals surface area contributed by atoms with Crippen LogP contribution in [-0.4, -0.2) is 18.0 Å². The van der Waals surface area contributed by atoms with E-state index < -0.39 is 11.8 Å². The summed E-state index contributed by atoms with van der Waals surface area (Å²) in [7, 11) is 0. The molecule has 0 aliphatic heterocycles. The molecule has 4 rings (SSSR count). The quantitative estimate of drug-likeness (QED) is 0.214. The van der Waals surface area contributed by atoms with Gasteiger partial charge in [0.25, 0.3) is 0 Å². The maximum Gasteiger partial charge on any atom is 0.329 e. The fraction of sp³-hybridized carbons (Fsp3) is 0.0385. The van der Waals surface area contributed by atoms with Crippen molar-refractivity contribution in [2.75, 3.05) is 5.32 Å². The molecule has 6 nitrogen and oxygen atoms in total. The molecule has 0 atom stereocenters. The van der Waals surface area contributed by atoms with Crippen LogP contribution in [0, 0.1) is 0 Å². The predicted octanol–water partition coefficient (Wildman–Crippen LogP) is 5.27.